The topological polar surface area (TPSA) is 67.3 Å². The van der Waals surface area contributed by atoms with Crippen LogP contribution in [0.4, 0.5) is 0 Å². The van der Waals surface area contributed by atoms with Crippen molar-refractivity contribution >= 4 is 22.3 Å². The number of hydrogen-bond donors (Lipinski definition) is 1. The van der Waals surface area contributed by atoms with Crippen LogP contribution in [0.1, 0.15) is 18.5 Å². The van der Waals surface area contributed by atoms with Crippen LogP contribution in [0, 0.1) is 0 Å². The first-order chi connectivity index (χ1) is 10.1. The predicted octanol–water partition coefficient (Wildman–Crippen LogP) is 2.68. The van der Waals surface area contributed by atoms with Crippen LogP contribution in [0.5, 0.6) is 5.75 Å². The van der Waals surface area contributed by atoms with Crippen LogP contribution in [-0.2, 0) is 9.59 Å². The van der Waals surface area contributed by atoms with Crippen molar-refractivity contribution in [2.75, 3.05) is 0 Å². The summed E-state index contributed by atoms with van der Waals surface area (Å²) in [5.74, 6) is -1.86. The molecule has 0 amide bonds. The van der Waals surface area contributed by atoms with Crippen LogP contribution >= 0.6 is 0 Å². The van der Waals surface area contributed by atoms with Crippen molar-refractivity contribution in [2.24, 2.45) is 0 Å². The van der Waals surface area contributed by atoms with E-state index >= 15 is 0 Å². The maximum atomic E-state index is 12.3. The van der Waals surface area contributed by atoms with Gasteiger partial charge >= 0.3 is 0 Å². The molecule has 4 nitrogen and oxygen atoms in total. The smallest absolute Gasteiger partial charge is 0.180 e. The monoisotopic (exact) mass is 279 g/mol. The first-order valence-corrected chi connectivity index (χ1v) is 6.54. The molecule has 0 saturated heterocycles. The van der Waals surface area contributed by atoms with Gasteiger partial charge in [0.05, 0.1) is 0 Å². The molecule has 1 aromatic carbocycles. The fourth-order valence-corrected chi connectivity index (χ4v) is 2.69. The summed E-state index contributed by atoms with van der Waals surface area (Å²) < 4.78 is 0. The minimum Gasteiger partial charge on any atom is -0.505 e. The molecule has 1 aliphatic rings. The predicted molar refractivity (Wildman–Crippen MR) is 79.1 cm³/mol. The van der Waals surface area contributed by atoms with Crippen molar-refractivity contribution in [1.82, 2.24) is 4.98 Å². The van der Waals surface area contributed by atoms with Gasteiger partial charge in [-0.25, -0.2) is 0 Å². The average Bonchev–Trinajstić information content (AvgIpc) is 2.70. The number of allylic oxidation sites excluding steroid dienone is 3. The summed E-state index contributed by atoms with van der Waals surface area (Å²) in [6.07, 6.45) is 2.94. The molecule has 0 fully saturated rings. The van der Waals surface area contributed by atoms with Crippen molar-refractivity contribution < 1.29 is 14.7 Å². The summed E-state index contributed by atoms with van der Waals surface area (Å²) in [6, 6.07) is 7.15. The summed E-state index contributed by atoms with van der Waals surface area (Å²) >= 11 is 0. The molecule has 104 valence electrons. The third-order valence-electron chi connectivity index (χ3n) is 3.84. The van der Waals surface area contributed by atoms with Crippen LogP contribution in [0.25, 0.3) is 10.8 Å². The van der Waals surface area contributed by atoms with Gasteiger partial charge in [0.15, 0.2) is 11.6 Å². The molecule has 0 spiro atoms. The van der Waals surface area contributed by atoms with Gasteiger partial charge in [-0.3, -0.25) is 14.6 Å². The van der Waals surface area contributed by atoms with E-state index in [1.165, 1.54) is 6.08 Å². The number of fused-ring (bicyclic) bond motifs is 1. The number of carbonyl (C=O) groups is 2. The van der Waals surface area contributed by atoms with Crippen molar-refractivity contribution in [2.45, 2.75) is 12.8 Å². The zero-order valence-electron chi connectivity index (χ0n) is 11.5. The van der Waals surface area contributed by atoms with E-state index in [2.05, 4.69) is 11.6 Å². The lowest BCUT2D eigenvalue weighted by atomic mass is 9.95. The largest absolute Gasteiger partial charge is 0.505 e. The summed E-state index contributed by atoms with van der Waals surface area (Å²) in [6.45, 7) is 5.16. The number of hydrogen-bond acceptors (Lipinski definition) is 4. The van der Waals surface area contributed by atoms with E-state index in [0.29, 0.717) is 16.5 Å². The molecule has 1 heterocycles. The van der Waals surface area contributed by atoms with E-state index in [-0.39, 0.29) is 23.0 Å². The van der Waals surface area contributed by atoms with E-state index in [0.717, 1.165) is 5.39 Å². The molecule has 0 radical (unpaired) electrons. The molecule has 1 aliphatic carbocycles. The summed E-state index contributed by atoms with van der Waals surface area (Å²) in [5, 5.41) is 11.7. The van der Waals surface area contributed by atoms with Gasteiger partial charge in [0, 0.05) is 28.1 Å². The Kier molecular flexibility index (Phi) is 2.94. The van der Waals surface area contributed by atoms with Crippen LogP contribution < -0.4 is 0 Å². The first kappa shape index (κ1) is 13.2. The molecule has 0 aliphatic heterocycles. The number of carbonyl (C=O) groups excluding carboxylic acids is 2. The van der Waals surface area contributed by atoms with Crippen molar-refractivity contribution in [3.05, 3.63) is 60.0 Å². The van der Waals surface area contributed by atoms with Crippen LogP contribution in [0.3, 0.4) is 0 Å². The summed E-state index contributed by atoms with van der Waals surface area (Å²) in [5.41, 5.74) is 0.786. The Hall–Kier alpha value is -2.75. The standard InChI is InChI=1S/C17H13NO3/c1-3-11-9(2)15(19)13(16(11)20)14-17(21)12-7-5-4-6-10(12)8-18-14/h3-8,13,21H,1H2,2H3. The van der Waals surface area contributed by atoms with Gasteiger partial charge in [-0.05, 0) is 6.92 Å². The van der Waals surface area contributed by atoms with Gasteiger partial charge < -0.3 is 5.11 Å². The number of benzene rings is 1. The Balaban J connectivity index is 2.19. The van der Waals surface area contributed by atoms with Crippen LogP contribution in [-0.4, -0.2) is 21.7 Å². The molecule has 3 rings (SSSR count). The Bertz CT molecular complexity index is 833. The van der Waals surface area contributed by atoms with Gasteiger partial charge in [0.2, 0.25) is 0 Å². The molecular formula is C17H13NO3. The summed E-state index contributed by atoms with van der Waals surface area (Å²) in [7, 11) is 0. The molecule has 1 atom stereocenters. The average molecular weight is 279 g/mol. The number of ketones is 2. The number of pyridine rings is 1. The molecule has 1 unspecified atom stereocenters. The van der Waals surface area contributed by atoms with Gasteiger partial charge in [0.25, 0.3) is 0 Å². The highest BCUT2D eigenvalue weighted by Gasteiger charge is 2.41. The summed E-state index contributed by atoms with van der Waals surface area (Å²) in [4.78, 5) is 28.8. The molecule has 2 aromatic rings. The highest BCUT2D eigenvalue weighted by atomic mass is 16.3. The van der Waals surface area contributed by atoms with E-state index < -0.39 is 5.92 Å². The third kappa shape index (κ3) is 1.80. The molecule has 21 heavy (non-hydrogen) atoms. The third-order valence-corrected chi connectivity index (χ3v) is 3.84. The van der Waals surface area contributed by atoms with Crippen LogP contribution in [0.15, 0.2) is 54.3 Å². The fraction of sp³-hybridized carbons (Fsp3) is 0.118. The Morgan fingerprint density at radius 2 is 1.95 bits per heavy atom. The van der Waals surface area contributed by atoms with Gasteiger partial charge in [-0.15, -0.1) is 0 Å². The lowest BCUT2D eigenvalue weighted by Gasteiger charge is -2.11. The number of aromatic hydroxyl groups is 1. The molecular weight excluding hydrogens is 266 g/mol. The SMILES string of the molecule is C=CC1=C(C)C(=O)C(c2ncc3ccccc3c2O)C1=O. The zero-order valence-corrected chi connectivity index (χ0v) is 11.5. The fourth-order valence-electron chi connectivity index (χ4n) is 2.69. The Morgan fingerprint density at radius 1 is 1.24 bits per heavy atom. The Morgan fingerprint density at radius 3 is 2.62 bits per heavy atom. The van der Waals surface area contributed by atoms with Crippen LogP contribution in [0.2, 0.25) is 0 Å². The maximum Gasteiger partial charge on any atom is 0.180 e. The van der Waals surface area contributed by atoms with Gasteiger partial charge in [-0.1, -0.05) is 36.9 Å². The van der Waals surface area contributed by atoms with E-state index in [1.807, 2.05) is 12.1 Å². The van der Waals surface area contributed by atoms with Crippen molar-refractivity contribution in [1.29, 1.82) is 0 Å². The second-order valence-electron chi connectivity index (χ2n) is 4.98. The second-order valence-corrected chi connectivity index (χ2v) is 4.98. The molecule has 0 saturated carbocycles. The van der Waals surface area contributed by atoms with Gasteiger partial charge in [0.1, 0.15) is 17.4 Å². The quantitative estimate of drug-likeness (QED) is 0.858. The lowest BCUT2D eigenvalue weighted by Crippen LogP contribution is -2.16. The number of Topliss-reactive ketones (excluding diaryl/α,β-unsaturated/α-hetero) is 2. The zero-order chi connectivity index (χ0) is 15.1. The van der Waals surface area contributed by atoms with E-state index in [1.54, 1.807) is 25.3 Å². The number of rotatable bonds is 2. The minimum absolute atomic E-state index is 0.111. The number of aromatic nitrogens is 1. The first-order valence-electron chi connectivity index (χ1n) is 6.54. The molecule has 1 N–H and O–H groups in total. The second kappa shape index (κ2) is 4.66. The van der Waals surface area contributed by atoms with E-state index in [4.69, 9.17) is 0 Å². The van der Waals surface area contributed by atoms with E-state index in [9.17, 15) is 14.7 Å². The molecule has 4 heteroatoms. The van der Waals surface area contributed by atoms with Crippen molar-refractivity contribution in [3.63, 3.8) is 0 Å². The maximum absolute atomic E-state index is 12.3. The highest BCUT2D eigenvalue weighted by Crippen LogP contribution is 2.38. The Labute approximate surface area is 121 Å². The normalized spacial score (nSPS) is 18.6. The van der Waals surface area contributed by atoms with Gasteiger partial charge in [-0.2, -0.15) is 0 Å². The number of nitrogens with zero attached hydrogens (tertiary/aromatic N) is 1. The minimum atomic E-state index is -1.07. The van der Waals surface area contributed by atoms with Crippen molar-refractivity contribution in [3.8, 4) is 5.75 Å². The molecule has 1 aromatic heterocycles. The highest BCUT2D eigenvalue weighted by molar-refractivity contribution is 6.29. The molecule has 0 bridgehead atoms. The lowest BCUT2D eigenvalue weighted by molar-refractivity contribution is -0.123.